The minimum Gasteiger partial charge on any atom is -0.353 e. The maximum absolute atomic E-state index is 12.3. The van der Waals surface area contributed by atoms with Gasteiger partial charge in [0.05, 0.1) is 0 Å². The van der Waals surface area contributed by atoms with Crippen LogP contribution in [0.4, 0.5) is 26.3 Å². The number of nitrogens with one attached hydrogen (secondary N) is 1. The van der Waals surface area contributed by atoms with E-state index >= 15 is 0 Å². The second kappa shape index (κ2) is 4.86. The molecule has 19 heavy (non-hydrogen) atoms. The summed E-state index contributed by atoms with van der Waals surface area (Å²) in [6.07, 6.45) is -9.84. The van der Waals surface area contributed by atoms with Gasteiger partial charge in [-0.25, -0.2) is 0 Å². The fourth-order valence-corrected chi connectivity index (χ4v) is 2.33. The van der Waals surface area contributed by atoms with Crippen LogP contribution in [0.15, 0.2) is 0 Å². The second-order valence-electron chi connectivity index (χ2n) is 5.63. The highest BCUT2D eigenvalue weighted by Gasteiger charge is 2.61. The van der Waals surface area contributed by atoms with E-state index in [1.165, 1.54) is 0 Å². The zero-order valence-corrected chi connectivity index (χ0v) is 10.5. The fraction of sp³-hybridized carbons (Fsp3) is 0.909. The van der Waals surface area contributed by atoms with Crippen molar-refractivity contribution in [2.24, 2.45) is 11.3 Å². The summed E-state index contributed by atoms with van der Waals surface area (Å²) in [6.45, 7) is 3.70. The number of halogens is 6. The van der Waals surface area contributed by atoms with E-state index < -0.39 is 30.2 Å². The molecule has 1 atom stereocenters. The normalized spacial score (nSPS) is 23.7. The smallest absolute Gasteiger partial charge is 0.353 e. The maximum atomic E-state index is 12.3. The Balaban J connectivity index is 2.75. The molecule has 1 aliphatic rings. The zero-order valence-electron chi connectivity index (χ0n) is 10.5. The third kappa shape index (κ3) is 4.28. The molecule has 0 heterocycles. The molecule has 1 N–H and O–H groups in total. The van der Waals surface area contributed by atoms with Crippen LogP contribution in [0.5, 0.6) is 0 Å². The third-order valence-corrected chi connectivity index (χ3v) is 3.23. The summed E-state index contributed by atoms with van der Waals surface area (Å²) >= 11 is 0. The molecule has 0 aromatic carbocycles. The van der Waals surface area contributed by atoms with Crippen molar-refractivity contribution in [3.05, 3.63) is 0 Å². The summed E-state index contributed by atoms with van der Waals surface area (Å²) in [5.41, 5.74) is -0.177. The first kappa shape index (κ1) is 16.1. The van der Waals surface area contributed by atoms with Crippen molar-refractivity contribution in [2.45, 2.75) is 51.5 Å². The molecule has 0 spiro atoms. The van der Waals surface area contributed by atoms with Crippen LogP contribution in [0, 0.1) is 11.3 Å². The third-order valence-electron chi connectivity index (χ3n) is 3.23. The quantitative estimate of drug-likeness (QED) is 0.776. The monoisotopic (exact) mass is 291 g/mol. The van der Waals surface area contributed by atoms with Crippen molar-refractivity contribution in [3.63, 3.8) is 0 Å². The molecular weight excluding hydrogens is 276 g/mol. The Morgan fingerprint density at radius 2 is 1.63 bits per heavy atom. The fourth-order valence-electron chi connectivity index (χ4n) is 2.33. The Labute approximate surface area is 106 Å². The molecule has 1 rings (SSSR count). The van der Waals surface area contributed by atoms with Crippen LogP contribution in [-0.2, 0) is 4.79 Å². The highest BCUT2D eigenvalue weighted by Crippen LogP contribution is 2.41. The molecule has 0 radical (unpaired) electrons. The summed E-state index contributed by atoms with van der Waals surface area (Å²) < 4.78 is 73.9. The lowest BCUT2D eigenvalue weighted by molar-refractivity contribution is -0.274. The molecule has 0 bridgehead atoms. The molecule has 1 amide bonds. The number of hydrogen-bond donors (Lipinski definition) is 1. The van der Waals surface area contributed by atoms with E-state index in [-0.39, 0.29) is 5.41 Å². The molecule has 112 valence electrons. The van der Waals surface area contributed by atoms with E-state index in [4.69, 9.17) is 0 Å². The van der Waals surface area contributed by atoms with Gasteiger partial charge in [0.1, 0.15) is 0 Å². The van der Waals surface area contributed by atoms with Crippen molar-refractivity contribution < 1.29 is 31.1 Å². The molecule has 0 saturated heterocycles. The molecule has 8 heteroatoms. The highest BCUT2D eigenvalue weighted by molar-refractivity contribution is 5.80. The number of rotatable bonds is 2. The van der Waals surface area contributed by atoms with Crippen LogP contribution in [0.3, 0.4) is 0 Å². The summed E-state index contributed by atoms with van der Waals surface area (Å²) in [7, 11) is 0. The van der Waals surface area contributed by atoms with Crippen LogP contribution in [0.1, 0.15) is 33.1 Å². The van der Waals surface area contributed by atoms with Crippen molar-refractivity contribution in [1.29, 1.82) is 0 Å². The van der Waals surface area contributed by atoms with Crippen LogP contribution in [0.2, 0.25) is 0 Å². The standard InChI is InChI=1S/C11H15F6NO/c1-9(2)4-3-6(5-9)18-8(19)7(10(12,13)14)11(15,16)17/h6-7H,3-5H2,1-2H3,(H,18,19). The van der Waals surface area contributed by atoms with Crippen LogP contribution in [0.25, 0.3) is 0 Å². The molecule has 0 aliphatic heterocycles. The van der Waals surface area contributed by atoms with Gasteiger partial charge in [-0.2, -0.15) is 26.3 Å². The van der Waals surface area contributed by atoms with Crippen LogP contribution < -0.4 is 5.32 Å². The summed E-state index contributed by atoms with van der Waals surface area (Å²) in [5, 5.41) is 1.87. The van der Waals surface area contributed by atoms with Gasteiger partial charge in [0.15, 0.2) is 0 Å². The van der Waals surface area contributed by atoms with E-state index in [0.29, 0.717) is 19.3 Å². The number of carbonyl (C=O) groups is 1. The number of amides is 1. The first-order valence-corrected chi connectivity index (χ1v) is 5.77. The van der Waals surface area contributed by atoms with Gasteiger partial charge in [0.2, 0.25) is 11.8 Å². The largest absolute Gasteiger partial charge is 0.409 e. The van der Waals surface area contributed by atoms with Gasteiger partial charge in [-0.15, -0.1) is 0 Å². The van der Waals surface area contributed by atoms with Crippen LogP contribution >= 0.6 is 0 Å². The van der Waals surface area contributed by atoms with Gasteiger partial charge in [0, 0.05) is 6.04 Å². The topological polar surface area (TPSA) is 29.1 Å². The minimum absolute atomic E-state index is 0.177. The van der Waals surface area contributed by atoms with Gasteiger partial charge >= 0.3 is 12.4 Å². The SMILES string of the molecule is CC1(C)CCC(NC(=O)C(C(F)(F)F)C(F)(F)F)C1. The van der Waals surface area contributed by atoms with Gasteiger partial charge in [-0.3, -0.25) is 4.79 Å². The zero-order chi connectivity index (χ0) is 15.1. The lowest BCUT2D eigenvalue weighted by Gasteiger charge is -2.24. The lowest BCUT2D eigenvalue weighted by Crippen LogP contribution is -2.50. The van der Waals surface area contributed by atoms with Crippen molar-refractivity contribution in [2.75, 3.05) is 0 Å². The Bertz CT molecular complexity index is 332. The molecule has 2 nitrogen and oxygen atoms in total. The minimum atomic E-state index is -5.63. The summed E-state index contributed by atoms with van der Waals surface area (Å²) in [4.78, 5) is 11.3. The maximum Gasteiger partial charge on any atom is 0.409 e. The molecular formula is C11H15F6NO. The predicted molar refractivity (Wildman–Crippen MR) is 55.2 cm³/mol. The van der Waals surface area contributed by atoms with E-state index in [1.807, 2.05) is 19.2 Å². The van der Waals surface area contributed by atoms with E-state index in [1.54, 1.807) is 0 Å². The van der Waals surface area contributed by atoms with Crippen molar-refractivity contribution in [1.82, 2.24) is 5.32 Å². The average molecular weight is 291 g/mol. The molecule has 1 unspecified atom stereocenters. The van der Waals surface area contributed by atoms with Crippen molar-refractivity contribution in [3.8, 4) is 0 Å². The summed E-state index contributed by atoms with van der Waals surface area (Å²) in [6, 6.07) is -0.630. The van der Waals surface area contributed by atoms with Gasteiger partial charge in [0.25, 0.3) is 0 Å². The predicted octanol–water partition coefficient (Wildman–Crippen LogP) is 3.42. The first-order chi connectivity index (χ1) is 8.33. The van der Waals surface area contributed by atoms with Gasteiger partial charge in [-0.1, -0.05) is 13.8 Å². The van der Waals surface area contributed by atoms with Gasteiger partial charge < -0.3 is 5.32 Å². The van der Waals surface area contributed by atoms with E-state index in [9.17, 15) is 31.1 Å². The first-order valence-electron chi connectivity index (χ1n) is 5.77. The number of hydrogen-bond acceptors (Lipinski definition) is 1. The summed E-state index contributed by atoms with van der Waals surface area (Å²) in [5.74, 6) is -5.97. The van der Waals surface area contributed by atoms with Crippen molar-refractivity contribution >= 4 is 5.91 Å². The second-order valence-corrected chi connectivity index (χ2v) is 5.63. The van der Waals surface area contributed by atoms with E-state index in [2.05, 4.69) is 0 Å². The van der Waals surface area contributed by atoms with Crippen LogP contribution in [-0.4, -0.2) is 24.3 Å². The highest BCUT2D eigenvalue weighted by atomic mass is 19.4. The molecule has 0 aromatic heterocycles. The van der Waals surface area contributed by atoms with Gasteiger partial charge in [-0.05, 0) is 24.7 Å². The Kier molecular flexibility index (Phi) is 4.12. The lowest BCUT2D eigenvalue weighted by atomic mass is 9.92. The number of carbonyl (C=O) groups excluding carboxylic acids is 1. The molecule has 1 aliphatic carbocycles. The Morgan fingerprint density at radius 3 is 1.95 bits per heavy atom. The molecule has 1 saturated carbocycles. The Hall–Kier alpha value is -0.950. The molecule has 0 aromatic rings. The molecule has 1 fully saturated rings. The number of alkyl halides is 6. The Morgan fingerprint density at radius 1 is 1.16 bits per heavy atom. The average Bonchev–Trinajstić information content (AvgIpc) is 2.38. The van der Waals surface area contributed by atoms with E-state index in [0.717, 1.165) is 0 Å².